The number of amides is 2. The van der Waals surface area contributed by atoms with Crippen molar-refractivity contribution < 1.29 is 9.59 Å². The molecule has 0 unspecified atom stereocenters. The number of rotatable bonds is 7. The number of hydrogen-bond donors (Lipinski definition) is 3. The van der Waals surface area contributed by atoms with Crippen LogP contribution in [0.3, 0.4) is 0 Å². The van der Waals surface area contributed by atoms with Gasteiger partial charge in [-0.25, -0.2) is 0 Å². The number of nitrogens with zero attached hydrogens (tertiary/aromatic N) is 2. The lowest BCUT2D eigenvalue weighted by Gasteiger charge is -2.11. The van der Waals surface area contributed by atoms with Crippen LogP contribution in [0.1, 0.15) is 21.6 Å². The number of nitrogens with one attached hydrogen (secondary N) is 3. The van der Waals surface area contributed by atoms with Crippen LogP contribution in [0.4, 0.5) is 0 Å². The molecule has 0 spiro atoms. The molecule has 0 atom stereocenters. The summed E-state index contributed by atoms with van der Waals surface area (Å²) < 4.78 is 0. The molecule has 0 aliphatic carbocycles. The maximum Gasteiger partial charge on any atom is 0.253 e. The molecule has 0 bridgehead atoms. The second kappa shape index (κ2) is 9.62. The number of pyridine rings is 1. The zero-order valence-corrected chi connectivity index (χ0v) is 18.3. The molecule has 0 fully saturated rings. The Morgan fingerprint density at radius 2 is 2.06 bits per heavy atom. The highest BCUT2D eigenvalue weighted by Gasteiger charge is 2.20. The second-order valence-electron chi connectivity index (χ2n) is 8.09. The van der Waals surface area contributed by atoms with E-state index in [2.05, 4.69) is 20.6 Å². The van der Waals surface area contributed by atoms with Crippen molar-refractivity contribution in [1.29, 1.82) is 0 Å². The van der Waals surface area contributed by atoms with Gasteiger partial charge in [0.2, 0.25) is 5.91 Å². The highest BCUT2D eigenvalue weighted by Crippen LogP contribution is 2.27. The molecular weight excluding hydrogens is 402 g/mol. The monoisotopic (exact) mass is 429 g/mol. The van der Waals surface area contributed by atoms with Gasteiger partial charge in [0, 0.05) is 60.8 Å². The quantitative estimate of drug-likeness (QED) is 0.504. The summed E-state index contributed by atoms with van der Waals surface area (Å²) >= 11 is 0. The summed E-state index contributed by atoms with van der Waals surface area (Å²) in [7, 11) is 3.91. The topological polar surface area (TPSA) is 90.1 Å². The summed E-state index contributed by atoms with van der Waals surface area (Å²) in [6.45, 7) is 1.82. The lowest BCUT2D eigenvalue weighted by Crippen LogP contribution is -2.31. The first-order chi connectivity index (χ1) is 15.5. The van der Waals surface area contributed by atoms with Crippen molar-refractivity contribution >= 4 is 11.8 Å². The first-order valence-corrected chi connectivity index (χ1v) is 10.6. The largest absolute Gasteiger partial charge is 0.358 e. The highest BCUT2D eigenvalue weighted by molar-refractivity contribution is 5.97. The molecule has 3 aromatic rings. The third kappa shape index (κ3) is 5.12. The number of carbonyl (C=O) groups excluding carboxylic acids is 2. The number of aromatic amines is 1. The first-order valence-electron chi connectivity index (χ1n) is 10.6. The number of aromatic nitrogens is 2. The molecule has 164 valence electrons. The van der Waals surface area contributed by atoms with E-state index in [4.69, 9.17) is 0 Å². The summed E-state index contributed by atoms with van der Waals surface area (Å²) in [5, 5.41) is 5.79. The van der Waals surface area contributed by atoms with Crippen molar-refractivity contribution in [2.75, 3.05) is 27.2 Å². The van der Waals surface area contributed by atoms with Gasteiger partial charge in [-0.2, -0.15) is 0 Å². The number of likely N-dealkylation sites (N-methyl/N-ethyl adjacent to an activating group) is 1. The minimum Gasteiger partial charge on any atom is -0.358 e. The van der Waals surface area contributed by atoms with Gasteiger partial charge in [-0.05, 0) is 43.9 Å². The van der Waals surface area contributed by atoms with Crippen LogP contribution < -0.4 is 10.6 Å². The Morgan fingerprint density at radius 1 is 1.19 bits per heavy atom. The van der Waals surface area contributed by atoms with Gasteiger partial charge in [-0.15, -0.1) is 0 Å². The Hall–Kier alpha value is -3.71. The lowest BCUT2D eigenvalue weighted by molar-refractivity contribution is -0.116. The normalized spacial score (nSPS) is 13.3. The molecule has 2 aromatic heterocycles. The predicted molar refractivity (Wildman–Crippen MR) is 125 cm³/mol. The molecule has 4 rings (SSSR count). The number of carbonyl (C=O) groups is 2. The van der Waals surface area contributed by atoms with Gasteiger partial charge in [0.1, 0.15) is 0 Å². The van der Waals surface area contributed by atoms with E-state index in [1.165, 1.54) is 0 Å². The van der Waals surface area contributed by atoms with Crippen molar-refractivity contribution in [1.82, 2.24) is 25.5 Å². The van der Waals surface area contributed by atoms with Gasteiger partial charge >= 0.3 is 0 Å². The third-order valence-electron chi connectivity index (χ3n) is 5.30. The van der Waals surface area contributed by atoms with Crippen LogP contribution in [0.15, 0.2) is 60.8 Å². The maximum absolute atomic E-state index is 12.1. The fourth-order valence-corrected chi connectivity index (χ4v) is 3.66. The van der Waals surface area contributed by atoms with E-state index in [1.807, 2.05) is 67.5 Å². The molecule has 0 radical (unpaired) electrons. The number of fused-ring (bicyclic) bond motifs is 1. The van der Waals surface area contributed by atoms with Crippen LogP contribution in [-0.2, 0) is 17.8 Å². The minimum absolute atomic E-state index is 0.0330. The van der Waals surface area contributed by atoms with Crippen molar-refractivity contribution in [3.8, 4) is 22.5 Å². The van der Waals surface area contributed by atoms with Gasteiger partial charge in [0.05, 0.1) is 11.3 Å². The van der Waals surface area contributed by atoms with Gasteiger partial charge in [0.15, 0.2) is 0 Å². The Labute approximate surface area is 187 Å². The lowest BCUT2D eigenvalue weighted by atomic mass is 10.0. The van der Waals surface area contributed by atoms with E-state index in [1.54, 1.807) is 12.3 Å². The van der Waals surface area contributed by atoms with Crippen LogP contribution in [0.25, 0.3) is 22.5 Å². The summed E-state index contributed by atoms with van der Waals surface area (Å²) in [6.07, 6.45) is 5.97. The van der Waals surface area contributed by atoms with Crippen LogP contribution in [-0.4, -0.2) is 53.9 Å². The molecule has 1 aromatic carbocycles. The summed E-state index contributed by atoms with van der Waals surface area (Å²) in [4.78, 5) is 34.0. The Bertz CT molecular complexity index is 1160. The minimum atomic E-state index is -0.114. The summed E-state index contributed by atoms with van der Waals surface area (Å²) in [5.74, 6) is -0.147. The molecule has 7 nitrogen and oxygen atoms in total. The first kappa shape index (κ1) is 21.5. The summed E-state index contributed by atoms with van der Waals surface area (Å²) in [5.41, 5.74) is 6.36. The molecule has 0 saturated heterocycles. The van der Waals surface area contributed by atoms with Gasteiger partial charge in [0.25, 0.3) is 5.91 Å². The van der Waals surface area contributed by atoms with E-state index in [-0.39, 0.29) is 11.8 Å². The molecule has 3 heterocycles. The zero-order valence-electron chi connectivity index (χ0n) is 18.3. The number of H-pyrrole nitrogens is 1. The third-order valence-corrected chi connectivity index (χ3v) is 5.30. The van der Waals surface area contributed by atoms with Crippen LogP contribution in [0.5, 0.6) is 0 Å². The Morgan fingerprint density at radius 3 is 2.88 bits per heavy atom. The molecule has 1 aliphatic rings. The van der Waals surface area contributed by atoms with Crippen LogP contribution >= 0.6 is 0 Å². The Balaban J connectivity index is 1.49. The van der Waals surface area contributed by atoms with Gasteiger partial charge < -0.3 is 20.5 Å². The van der Waals surface area contributed by atoms with Crippen molar-refractivity contribution in [2.24, 2.45) is 0 Å². The van der Waals surface area contributed by atoms with Gasteiger partial charge in [-0.1, -0.05) is 24.3 Å². The number of benzene rings is 1. The van der Waals surface area contributed by atoms with Gasteiger partial charge in [-0.3, -0.25) is 14.6 Å². The number of hydrogen-bond acceptors (Lipinski definition) is 4. The van der Waals surface area contributed by atoms with Crippen LogP contribution in [0.2, 0.25) is 0 Å². The molecule has 0 saturated carbocycles. The molecule has 32 heavy (non-hydrogen) atoms. The highest BCUT2D eigenvalue weighted by atomic mass is 16.2. The molecule has 7 heteroatoms. The summed E-state index contributed by atoms with van der Waals surface area (Å²) in [6, 6.07) is 13.8. The average molecular weight is 430 g/mol. The van der Waals surface area contributed by atoms with Crippen molar-refractivity contribution in [2.45, 2.75) is 13.0 Å². The van der Waals surface area contributed by atoms with E-state index in [0.717, 1.165) is 46.7 Å². The fraction of sp³-hybridized carbons (Fsp3) is 0.240. The van der Waals surface area contributed by atoms with Crippen molar-refractivity contribution in [3.05, 3.63) is 77.6 Å². The van der Waals surface area contributed by atoms with E-state index >= 15 is 0 Å². The average Bonchev–Trinajstić information content (AvgIpc) is 3.24. The van der Waals surface area contributed by atoms with E-state index < -0.39 is 0 Å². The van der Waals surface area contributed by atoms with E-state index in [0.29, 0.717) is 18.7 Å². The standard InChI is InChI=1S/C25H27N5O2/c1-30(2)12-4-7-24(31)28-16-17-5-3-6-18(13-17)22-14-19(8-10-26-22)23-15-20-21(29-23)9-11-27-25(20)32/h3-8,10,13-15,29H,9,11-12,16H2,1-2H3,(H,27,32)(H,28,31). The molecule has 2 amide bonds. The second-order valence-corrected chi connectivity index (χ2v) is 8.09. The van der Waals surface area contributed by atoms with E-state index in [9.17, 15) is 9.59 Å². The van der Waals surface area contributed by atoms with Crippen molar-refractivity contribution in [3.63, 3.8) is 0 Å². The molecule has 1 aliphatic heterocycles. The predicted octanol–water partition coefficient (Wildman–Crippen LogP) is 2.76. The Kier molecular flexibility index (Phi) is 6.47. The van der Waals surface area contributed by atoms with Crippen LogP contribution in [0, 0.1) is 0 Å². The molecular formula is C25H27N5O2. The molecule has 3 N–H and O–H groups in total. The zero-order chi connectivity index (χ0) is 22.5. The maximum atomic E-state index is 12.1. The smallest absolute Gasteiger partial charge is 0.253 e. The SMILES string of the molecule is CN(C)CC=CC(=O)NCc1cccc(-c2cc(-c3cc4c([nH]3)CCNC4=O)ccn2)c1. The fourth-order valence-electron chi connectivity index (χ4n) is 3.66.